The Morgan fingerprint density at radius 3 is 2.84 bits per heavy atom. The second-order valence-electron chi connectivity index (χ2n) is 6.03. The zero-order valence-corrected chi connectivity index (χ0v) is 16.1. The molecule has 0 aliphatic carbocycles. The number of nitrogens with one attached hydrogen (secondary N) is 2. The molecule has 1 aliphatic heterocycles. The minimum Gasteiger partial charge on any atom is -0.466 e. The number of piperidine rings is 1. The van der Waals surface area contributed by atoms with Gasteiger partial charge in [-0.15, -0.1) is 11.3 Å². The van der Waals surface area contributed by atoms with E-state index in [-0.39, 0.29) is 5.97 Å². The van der Waals surface area contributed by atoms with Crippen LogP contribution in [0, 0.1) is 0 Å². The molecule has 0 bridgehead atoms. The fourth-order valence-corrected chi connectivity index (χ4v) is 3.64. The third kappa shape index (κ3) is 6.94. The summed E-state index contributed by atoms with van der Waals surface area (Å²) < 4.78 is 4.94. The fourth-order valence-electron chi connectivity index (χ4n) is 2.85. The highest BCUT2D eigenvalue weighted by Crippen LogP contribution is 2.24. The molecule has 0 spiro atoms. The number of nitrogens with zero attached hydrogens (tertiary/aromatic N) is 2. The Labute approximate surface area is 154 Å². The first-order valence-electron chi connectivity index (χ1n) is 9.21. The number of carbonyl (C=O) groups is 1. The Hall–Kier alpha value is -1.76. The van der Waals surface area contributed by atoms with Gasteiger partial charge in [-0.25, -0.2) is 0 Å². The average Bonchev–Trinajstić information content (AvgIpc) is 3.14. The molecule has 0 amide bonds. The smallest absolute Gasteiger partial charge is 0.305 e. The monoisotopic (exact) mass is 366 g/mol. The van der Waals surface area contributed by atoms with Crippen molar-refractivity contribution in [1.82, 2.24) is 10.6 Å². The van der Waals surface area contributed by atoms with Crippen LogP contribution in [0.1, 0.15) is 39.5 Å². The minimum absolute atomic E-state index is 0.142. The molecule has 7 heteroatoms. The first-order valence-corrected chi connectivity index (χ1v) is 10.1. The molecule has 1 aromatic rings. The molecule has 6 nitrogen and oxygen atoms in total. The Morgan fingerprint density at radius 2 is 2.20 bits per heavy atom. The SMILES string of the molecule is CCNC(=NCCCC(=O)OCC)NC1CCN(c2cccs2)CC1. The van der Waals surface area contributed by atoms with Gasteiger partial charge in [0.25, 0.3) is 0 Å². The van der Waals surface area contributed by atoms with E-state index in [9.17, 15) is 4.79 Å². The van der Waals surface area contributed by atoms with Crippen LogP contribution >= 0.6 is 11.3 Å². The molecule has 25 heavy (non-hydrogen) atoms. The maximum absolute atomic E-state index is 11.4. The summed E-state index contributed by atoms with van der Waals surface area (Å²) in [4.78, 5) is 18.4. The van der Waals surface area contributed by atoms with Crippen molar-refractivity contribution in [2.24, 2.45) is 4.99 Å². The van der Waals surface area contributed by atoms with Gasteiger partial charge in [0.2, 0.25) is 0 Å². The van der Waals surface area contributed by atoms with Crippen LogP contribution in [0.2, 0.25) is 0 Å². The standard InChI is InChI=1S/C18H30N4O2S/c1-3-19-18(20-11-5-8-17(23)24-4-2)21-15-9-12-22(13-10-15)16-7-6-14-25-16/h6-7,14-15H,3-5,8-13H2,1-2H3,(H2,19,20,21). The largest absolute Gasteiger partial charge is 0.466 e. The van der Waals surface area contributed by atoms with Crippen molar-refractivity contribution in [1.29, 1.82) is 0 Å². The molecule has 2 rings (SSSR count). The van der Waals surface area contributed by atoms with Crippen molar-refractivity contribution in [2.45, 2.75) is 45.6 Å². The number of rotatable bonds is 8. The molecule has 0 radical (unpaired) electrons. The number of esters is 1. The number of aliphatic imine (C=N–C) groups is 1. The van der Waals surface area contributed by atoms with Crippen LogP contribution in [0.5, 0.6) is 0 Å². The van der Waals surface area contributed by atoms with Gasteiger partial charge in [-0.3, -0.25) is 9.79 Å². The Bertz CT molecular complexity index is 525. The van der Waals surface area contributed by atoms with Gasteiger partial charge in [0.05, 0.1) is 11.6 Å². The van der Waals surface area contributed by atoms with Gasteiger partial charge in [0.1, 0.15) is 0 Å². The van der Waals surface area contributed by atoms with Crippen LogP contribution < -0.4 is 15.5 Å². The molecule has 1 saturated heterocycles. The highest BCUT2D eigenvalue weighted by molar-refractivity contribution is 7.14. The highest BCUT2D eigenvalue weighted by atomic mass is 32.1. The van der Waals surface area contributed by atoms with Crippen molar-refractivity contribution in [3.05, 3.63) is 17.5 Å². The topological polar surface area (TPSA) is 66.0 Å². The van der Waals surface area contributed by atoms with E-state index in [0.29, 0.717) is 32.0 Å². The molecule has 0 unspecified atom stereocenters. The number of hydrogen-bond donors (Lipinski definition) is 2. The van der Waals surface area contributed by atoms with E-state index in [0.717, 1.165) is 38.4 Å². The summed E-state index contributed by atoms with van der Waals surface area (Å²) in [6.45, 7) is 7.93. The van der Waals surface area contributed by atoms with Crippen LogP contribution in [-0.4, -0.2) is 50.8 Å². The summed E-state index contributed by atoms with van der Waals surface area (Å²) in [6, 6.07) is 4.74. The van der Waals surface area contributed by atoms with E-state index in [1.54, 1.807) is 11.3 Å². The summed E-state index contributed by atoms with van der Waals surface area (Å²) in [5, 5.41) is 10.3. The molecule has 1 fully saturated rings. The minimum atomic E-state index is -0.142. The van der Waals surface area contributed by atoms with Crippen molar-refractivity contribution in [2.75, 3.05) is 37.7 Å². The molecule has 1 aliphatic rings. The lowest BCUT2D eigenvalue weighted by atomic mass is 10.1. The molecule has 2 N–H and O–H groups in total. The number of guanidine groups is 1. The number of carbonyl (C=O) groups excluding carboxylic acids is 1. The van der Waals surface area contributed by atoms with Crippen LogP contribution in [0.15, 0.2) is 22.5 Å². The summed E-state index contributed by atoms with van der Waals surface area (Å²) in [7, 11) is 0. The van der Waals surface area contributed by atoms with Crippen molar-refractivity contribution >= 4 is 28.3 Å². The molecule has 0 saturated carbocycles. The predicted octanol–water partition coefficient (Wildman–Crippen LogP) is 2.62. The van der Waals surface area contributed by atoms with E-state index in [4.69, 9.17) is 4.74 Å². The summed E-state index contributed by atoms with van der Waals surface area (Å²) in [6.07, 6.45) is 3.35. The number of ether oxygens (including phenoxy) is 1. The third-order valence-electron chi connectivity index (χ3n) is 4.11. The van der Waals surface area contributed by atoms with Crippen molar-refractivity contribution in [3.63, 3.8) is 0 Å². The van der Waals surface area contributed by atoms with Gasteiger partial charge >= 0.3 is 5.97 Å². The predicted molar refractivity (Wildman–Crippen MR) is 105 cm³/mol. The molecule has 2 heterocycles. The fraction of sp³-hybridized carbons (Fsp3) is 0.667. The Balaban J connectivity index is 1.73. The number of hydrogen-bond acceptors (Lipinski definition) is 5. The van der Waals surface area contributed by atoms with E-state index < -0.39 is 0 Å². The van der Waals surface area contributed by atoms with Crippen LogP contribution in [0.25, 0.3) is 0 Å². The van der Waals surface area contributed by atoms with Gasteiger partial charge in [-0.2, -0.15) is 0 Å². The molecule has 0 aromatic carbocycles. The second-order valence-corrected chi connectivity index (χ2v) is 6.95. The summed E-state index contributed by atoms with van der Waals surface area (Å²) in [5.74, 6) is 0.706. The number of anilines is 1. The maximum Gasteiger partial charge on any atom is 0.305 e. The maximum atomic E-state index is 11.4. The van der Waals surface area contributed by atoms with Gasteiger partial charge in [-0.1, -0.05) is 0 Å². The Kier molecular flexibility index (Phi) is 8.59. The first-order chi connectivity index (χ1) is 12.2. The van der Waals surface area contributed by atoms with E-state index in [1.807, 2.05) is 6.92 Å². The lowest BCUT2D eigenvalue weighted by molar-refractivity contribution is -0.143. The lowest BCUT2D eigenvalue weighted by Gasteiger charge is -2.33. The zero-order chi connectivity index (χ0) is 17.9. The molecular weight excluding hydrogens is 336 g/mol. The molecule has 0 atom stereocenters. The van der Waals surface area contributed by atoms with Crippen molar-refractivity contribution < 1.29 is 9.53 Å². The summed E-state index contributed by atoms with van der Waals surface area (Å²) >= 11 is 1.80. The van der Waals surface area contributed by atoms with E-state index >= 15 is 0 Å². The van der Waals surface area contributed by atoms with E-state index in [2.05, 4.69) is 45.0 Å². The summed E-state index contributed by atoms with van der Waals surface area (Å²) in [5.41, 5.74) is 0. The highest BCUT2D eigenvalue weighted by Gasteiger charge is 2.20. The van der Waals surface area contributed by atoms with Gasteiger partial charge < -0.3 is 20.3 Å². The van der Waals surface area contributed by atoms with E-state index in [1.165, 1.54) is 5.00 Å². The van der Waals surface area contributed by atoms with Gasteiger partial charge in [0, 0.05) is 38.6 Å². The molecular formula is C18H30N4O2S. The average molecular weight is 367 g/mol. The zero-order valence-electron chi connectivity index (χ0n) is 15.3. The van der Waals surface area contributed by atoms with Crippen LogP contribution in [-0.2, 0) is 9.53 Å². The first kappa shape index (κ1) is 19.6. The van der Waals surface area contributed by atoms with Crippen LogP contribution in [0.3, 0.4) is 0 Å². The Morgan fingerprint density at radius 1 is 1.40 bits per heavy atom. The third-order valence-corrected chi connectivity index (χ3v) is 5.04. The molecule has 140 valence electrons. The molecule has 1 aromatic heterocycles. The second kappa shape index (κ2) is 11.0. The van der Waals surface area contributed by atoms with Crippen LogP contribution in [0.4, 0.5) is 5.00 Å². The van der Waals surface area contributed by atoms with Gasteiger partial charge in [-0.05, 0) is 50.6 Å². The quantitative estimate of drug-likeness (QED) is 0.320. The number of thiophene rings is 1. The van der Waals surface area contributed by atoms with Crippen molar-refractivity contribution in [3.8, 4) is 0 Å². The van der Waals surface area contributed by atoms with Gasteiger partial charge in [0.15, 0.2) is 5.96 Å². The lowest BCUT2D eigenvalue weighted by Crippen LogP contribution is -2.48. The normalized spacial score (nSPS) is 15.9.